The summed E-state index contributed by atoms with van der Waals surface area (Å²) in [5.74, 6) is 0.150. The number of hydrogen-bond acceptors (Lipinski definition) is 5. The number of ether oxygens (including phenoxy) is 1. The molecule has 2 aromatic carbocycles. The molecule has 1 heterocycles. The van der Waals surface area contributed by atoms with Crippen molar-refractivity contribution in [2.24, 2.45) is 5.92 Å². The molecule has 7 nitrogen and oxygen atoms in total. The van der Waals surface area contributed by atoms with Gasteiger partial charge in [-0.25, -0.2) is 5.48 Å². The van der Waals surface area contributed by atoms with Crippen LogP contribution >= 0.6 is 0 Å². The summed E-state index contributed by atoms with van der Waals surface area (Å²) in [6.45, 7) is 7.07. The summed E-state index contributed by atoms with van der Waals surface area (Å²) in [5, 5.41) is 11.9. The number of hydrogen-bond donors (Lipinski definition) is 3. The Bertz CT molecular complexity index is 867. The first kappa shape index (κ1) is 20.8. The molecule has 154 valence electrons. The third-order valence-electron chi connectivity index (χ3n) is 5.28. The van der Waals surface area contributed by atoms with Crippen LogP contribution < -0.4 is 15.5 Å². The van der Waals surface area contributed by atoms with E-state index >= 15 is 0 Å². The number of rotatable bonds is 6. The zero-order chi connectivity index (χ0) is 21.0. The van der Waals surface area contributed by atoms with Gasteiger partial charge in [-0.3, -0.25) is 19.7 Å². The number of aryl methyl sites for hydroxylation is 1. The summed E-state index contributed by atoms with van der Waals surface area (Å²) in [4.78, 5) is 26.8. The van der Waals surface area contributed by atoms with Gasteiger partial charge in [0.2, 0.25) is 5.91 Å². The minimum atomic E-state index is -0.505. The number of para-hydroxylation sites is 1. The Hall–Kier alpha value is -2.90. The van der Waals surface area contributed by atoms with Gasteiger partial charge in [-0.05, 0) is 56.7 Å². The SMILES string of the molecule is Cc1ccccc1Oc1ccc(C(=O)N[C@@H]2CN(C(C)C)C[C@@H]2C(=O)NO)cc1. The summed E-state index contributed by atoms with van der Waals surface area (Å²) in [7, 11) is 0. The van der Waals surface area contributed by atoms with Crippen LogP contribution in [0.25, 0.3) is 0 Å². The predicted molar refractivity (Wildman–Crippen MR) is 109 cm³/mol. The average molecular weight is 397 g/mol. The maximum Gasteiger partial charge on any atom is 0.251 e. The van der Waals surface area contributed by atoms with E-state index in [1.807, 2.05) is 45.0 Å². The zero-order valence-corrected chi connectivity index (χ0v) is 16.9. The number of nitrogens with one attached hydrogen (secondary N) is 2. The summed E-state index contributed by atoms with van der Waals surface area (Å²) in [6, 6.07) is 14.5. The molecule has 7 heteroatoms. The van der Waals surface area contributed by atoms with Crippen LogP contribution in [0, 0.1) is 12.8 Å². The van der Waals surface area contributed by atoms with Crippen molar-refractivity contribution in [2.75, 3.05) is 13.1 Å². The van der Waals surface area contributed by atoms with E-state index in [4.69, 9.17) is 9.94 Å². The first-order chi connectivity index (χ1) is 13.9. The average Bonchev–Trinajstić information content (AvgIpc) is 3.14. The number of amides is 2. The fraction of sp³-hybridized carbons (Fsp3) is 0.364. The normalized spacial score (nSPS) is 19.2. The first-order valence-corrected chi connectivity index (χ1v) is 9.71. The highest BCUT2D eigenvalue weighted by Crippen LogP contribution is 2.25. The van der Waals surface area contributed by atoms with E-state index in [1.54, 1.807) is 29.7 Å². The summed E-state index contributed by atoms with van der Waals surface area (Å²) >= 11 is 0. The van der Waals surface area contributed by atoms with Crippen LogP contribution in [-0.4, -0.2) is 47.1 Å². The van der Waals surface area contributed by atoms with E-state index < -0.39 is 11.8 Å². The van der Waals surface area contributed by atoms with Crippen molar-refractivity contribution in [3.8, 4) is 11.5 Å². The van der Waals surface area contributed by atoms with Crippen molar-refractivity contribution in [3.63, 3.8) is 0 Å². The smallest absolute Gasteiger partial charge is 0.251 e. The van der Waals surface area contributed by atoms with Crippen LogP contribution in [0.5, 0.6) is 11.5 Å². The quantitative estimate of drug-likeness (QED) is 0.515. The van der Waals surface area contributed by atoms with Gasteiger partial charge in [0.1, 0.15) is 11.5 Å². The van der Waals surface area contributed by atoms with Crippen LogP contribution in [0.4, 0.5) is 0 Å². The van der Waals surface area contributed by atoms with Gasteiger partial charge < -0.3 is 10.1 Å². The monoisotopic (exact) mass is 397 g/mol. The molecule has 1 aliphatic heterocycles. The zero-order valence-electron chi connectivity index (χ0n) is 16.9. The number of likely N-dealkylation sites (tertiary alicyclic amines) is 1. The molecule has 2 atom stereocenters. The standard InChI is InChI=1S/C22H27N3O4/c1-14(2)25-12-18(22(27)24-28)19(13-25)23-21(26)16-8-10-17(11-9-16)29-20-7-5-4-6-15(20)3/h4-11,14,18-19,28H,12-13H2,1-3H3,(H,23,26)(H,24,27)/t18-,19+/m0/s1. The Balaban J connectivity index is 1.67. The van der Waals surface area contributed by atoms with Gasteiger partial charge in [-0.1, -0.05) is 18.2 Å². The van der Waals surface area contributed by atoms with Crippen LogP contribution in [0.2, 0.25) is 0 Å². The number of nitrogens with zero attached hydrogens (tertiary/aromatic N) is 1. The lowest BCUT2D eigenvalue weighted by atomic mass is 10.0. The Morgan fingerprint density at radius 2 is 1.79 bits per heavy atom. The summed E-state index contributed by atoms with van der Waals surface area (Å²) < 4.78 is 5.86. The van der Waals surface area contributed by atoms with Crippen molar-refractivity contribution >= 4 is 11.8 Å². The van der Waals surface area contributed by atoms with E-state index in [1.165, 1.54) is 0 Å². The molecule has 3 N–H and O–H groups in total. The molecule has 29 heavy (non-hydrogen) atoms. The molecular weight excluding hydrogens is 370 g/mol. The lowest BCUT2D eigenvalue weighted by Crippen LogP contribution is -2.45. The van der Waals surface area contributed by atoms with E-state index in [0.717, 1.165) is 11.3 Å². The molecule has 0 radical (unpaired) electrons. The third kappa shape index (κ3) is 4.93. The highest BCUT2D eigenvalue weighted by Gasteiger charge is 2.39. The number of carbonyl (C=O) groups excluding carboxylic acids is 2. The van der Waals surface area contributed by atoms with Crippen molar-refractivity contribution in [1.82, 2.24) is 15.7 Å². The lowest BCUT2D eigenvalue weighted by molar-refractivity contribution is -0.133. The number of carbonyl (C=O) groups is 2. The Morgan fingerprint density at radius 3 is 2.41 bits per heavy atom. The highest BCUT2D eigenvalue weighted by atomic mass is 16.5. The molecular formula is C22H27N3O4. The second kappa shape index (κ2) is 9.07. The van der Waals surface area contributed by atoms with Crippen LogP contribution in [0.1, 0.15) is 29.8 Å². The Labute approximate surface area is 170 Å². The van der Waals surface area contributed by atoms with Gasteiger partial charge in [0.05, 0.1) is 12.0 Å². The maximum atomic E-state index is 12.7. The Kier molecular flexibility index (Phi) is 6.51. The molecule has 1 fully saturated rings. The molecule has 0 bridgehead atoms. The third-order valence-corrected chi connectivity index (χ3v) is 5.28. The van der Waals surface area contributed by atoms with E-state index in [0.29, 0.717) is 24.4 Å². The topological polar surface area (TPSA) is 90.9 Å². The Morgan fingerprint density at radius 1 is 1.10 bits per heavy atom. The molecule has 0 spiro atoms. The van der Waals surface area contributed by atoms with Gasteiger partial charge in [0, 0.05) is 24.7 Å². The van der Waals surface area contributed by atoms with Crippen LogP contribution in [-0.2, 0) is 4.79 Å². The van der Waals surface area contributed by atoms with Crippen LogP contribution in [0.15, 0.2) is 48.5 Å². The van der Waals surface area contributed by atoms with Gasteiger partial charge in [-0.15, -0.1) is 0 Å². The minimum Gasteiger partial charge on any atom is -0.457 e. The van der Waals surface area contributed by atoms with Crippen LogP contribution in [0.3, 0.4) is 0 Å². The molecule has 0 unspecified atom stereocenters. The predicted octanol–water partition coefficient (Wildman–Crippen LogP) is 2.73. The fourth-order valence-electron chi connectivity index (χ4n) is 3.47. The van der Waals surface area contributed by atoms with Gasteiger partial charge in [0.25, 0.3) is 5.91 Å². The molecule has 2 aromatic rings. The van der Waals surface area contributed by atoms with E-state index in [-0.39, 0.29) is 18.0 Å². The number of benzene rings is 2. The largest absolute Gasteiger partial charge is 0.457 e. The summed E-state index contributed by atoms with van der Waals surface area (Å²) in [5.41, 5.74) is 3.22. The maximum absolute atomic E-state index is 12.7. The van der Waals surface area contributed by atoms with Gasteiger partial charge in [-0.2, -0.15) is 0 Å². The minimum absolute atomic E-state index is 0.240. The summed E-state index contributed by atoms with van der Waals surface area (Å²) in [6.07, 6.45) is 0. The fourth-order valence-corrected chi connectivity index (χ4v) is 3.47. The van der Waals surface area contributed by atoms with Crippen molar-refractivity contribution in [3.05, 3.63) is 59.7 Å². The molecule has 0 aromatic heterocycles. The molecule has 0 saturated carbocycles. The molecule has 0 aliphatic carbocycles. The second-order valence-electron chi connectivity index (χ2n) is 7.60. The van der Waals surface area contributed by atoms with E-state index in [2.05, 4.69) is 10.2 Å². The van der Waals surface area contributed by atoms with Crippen molar-refractivity contribution in [2.45, 2.75) is 32.9 Å². The highest BCUT2D eigenvalue weighted by molar-refractivity contribution is 5.95. The van der Waals surface area contributed by atoms with Crippen molar-refractivity contribution in [1.29, 1.82) is 0 Å². The molecule has 3 rings (SSSR count). The molecule has 1 saturated heterocycles. The van der Waals surface area contributed by atoms with E-state index in [9.17, 15) is 9.59 Å². The molecule has 1 aliphatic rings. The van der Waals surface area contributed by atoms with Gasteiger partial charge in [0.15, 0.2) is 0 Å². The first-order valence-electron chi connectivity index (χ1n) is 9.71. The molecule has 2 amide bonds. The second-order valence-corrected chi connectivity index (χ2v) is 7.60. The van der Waals surface area contributed by atoms with Gasteiger partial charge >= 0.3 is 0 Å². The number of hydroxylamine groups is 1. The van der Waals surface area contributed by atoms with Crippen molar-refractivity contribution < 1.29 is 19.5 Å². The lowest BCUT2D eigenvalue weighted by Gasteiger charge is -2.20.